The SMILES string of the molecule is COc1ccc2c(/C=C3\CCC=NC3c3cccnc3)cccc2c1. The molecule has 0 saturated carbocycles. The van der Waals surface area contributed by atoms with Crippen molar-refractivity contribution >= 4 is 23.1 Å². The first kappa shape index (κ1) is 15.6. The third kappa shape index (κ3) is 3.18. The van der Waals surface area contributed by atoms with Crippen molar-refractivity contribution in [1.82, 2.24) is 4.98 Å². The smallest absolute Gasteiger partial charge is 0.119 e. The number of nitrogens with zero attached hydrogens (tertiary/aromatic N) is 2. The summed E-state index contributed by atoms with van der Waals surface area (Å²) in [5.74, 6) is 0.882. The van der Waals surface area contributed by atoms with E-state index in [9.17, 15) is 0 Å². The summed E-state index contributed by atoms with van der Waals surface area (Å²) < 4.78 is 5.35. The van der Waals surface area contributed by atoms with Crippen LogP contribution in [0, 0.1) is 0 Å². The van der Waals surface area contributed by atoms with E-state index in [0.717, 1.165) is 24.2 Å². The van der Waals surface area contributed by atoms with Crippen molar-refractivity contribution in [1.29, 1.82) is 0 Å². The molecule has 4 rings (SSSR count). The van der Waals surface area contributed by atoms with E-state index in [-0.39, 0.29) is 6.04 Å². The van der Waals surface area contributed by atoms with E-state index in [1.165, 1.54) is 21.9 Å². The van der Waals surface area contributed by atoms with E-state index in [4.69, 9.17) is 9.73 Å². The van der Waals surface area contributed by atoms with Crippen LogP contribution in [0.15, 0.2) is 71.5 Å². The van der Waals surface area contributed by atoms with Gasteiger partial charge in [-0.1, -0.05) is 36.4 Å². The molecule has 2 aromatic carbocycles. The molecule has 25 heavy (non-hydrogen) atoms. The molecule has 0 N–H and O–H groups in total. The molecule has 124 valence electrons. The van der Waals surface area contributed by atoms with Gasteiger partial charge in [0.2, 0.25) is 0 Å². The van der Waals surface area contributed by atoms with E-state index in [1.54, 1.807) is 13.3 Å². The molecule has 0 aliphatic carbocycles. The topological polar surface area (TPSA) is 34.5 Å². The highest BCUT2D eigenvalue weighted by atomic mass is 16.5. The summed E-state index contributed by atoms with van der Waals surface area (Å²) >= 11 is 0. The maximum atomic E-state index is 5.35. The molecule has 1 aliphatic rings. The number of ether oxygens (including phenoxy) is 1. The van der Waals surface area contributed by atoms with Gasteiger partial charge in [0.05, 0.1) is 13.2 Å². The Balaban J connectivity index is 1.79. The first-order chi connectivity index (χ1) is 12.3. The van der Waals surface area contributed by atoms with Crippen molar-refractivity contribution < 1.29 is 4.74 Å². The van der Waals surface area contributed by atoms with E-state index in [2.05, 4.69) is 47.5 Å². The Morgan fingerprint density at radius 2 is 2.08 bits per heavy atom. The van der Waals surface area contributed by atoms with Crippen LogP contribution in [0.4, 0.5) is 0 Å². The zero-order valence-electron chi connectivity index (χ0n) is 14.2. The number of methoxy groups -OCH3 is 1. The van der Waals surface area contributed by atoms with Gasteiger partial charge in [0.15, 0.2) is 0 Å². The molecule has 2 heterocycles. The van der Waals surface area contributed by atoms with Gasteiger partial charge in [-0.3, -0.25) is 9.98 Å². The minimum Gasteiger partial charge on any atom is -0.497 e. The molecule has 0 bridgehead atoms. The lowest BCUT2D eigenvalue weighted by Gasteiger charge is -2.20. The number of hydrogen-bond donors (Lipinski definition) is 0. The fourth-order valence-corrected chi connectivity index (χ4v) is 3.37. The standard InChI is InChI=1S/C22H20N2O/c1-25-20-9-10-21-16(5-2-6-17(21)14-20)13-18-7-4-12-24-22(18)19-8-3-11-23-15-19/h2-3,5-6,8-15,22H,4,7H2,1H3/b18-13+. The van der Waals surface area contributed by atoms with Crippen molar-refractivity contribution in [2.24, 2.45) is 4.99 Å². The predicted molar refractivity (Wildman–Crippen MR) is 103 cm³/mol. The average Bonchev–Trinajstić information content (AvgIpc) is 2.69. The molecule has 3 heteroatoms. The minimum atomic E-state index is 0.0657. The van der Waals surface area contributed by atoms with E-state index < -0.39 is 0 Å². The molecule has 0 fully saturated rings. The van der Waals surface area contributed by atoms with Crippen LogP contribution in [0.25, 0.3) is 16.8 Å². The van der Waals surface area contributed by atoms with Crippen molar-refractivity contribution in [2.75, 3.05) is 7.11 Å². The van der Waals surface area contributed by atoms with Crippen molar-refractivity contribution in [3.05, 3.63) is 77.6 Å². The van der Waals surface area contributed by atoms with Gasteiger partial charge in [-0.25, -0.2) is 0 Å². The molecule has 1 aromatic heterocycles. The largest absolute Gasteiger partial charge is 0.497 e. The number of pyridine rings is 1. The first-order valence-electron chi connectivity index (χ1n) is 8.54. The van der Waals surface area contributed by atoms with Crippen molar-refractivity contribution in [3.8, 4) is 5.75 Å². The molecular formula is C22H20N2O. The normalized spacial score (nSPS) is 18.6. The molecule has 0 amide bonds. The van der Waals surface area contributed by atoms with Crippen LogP contribution >= 0.6 is 0 Å². The van der Waals surface area contributed by atoms with Gasteiger partial charge in [-0.15, -0.1) is 0 Å². The van der Waals surface area contributed by atoms with Crippen LogP contribution in [0.3, 0.4) is 0 Å². The summed E-state index contributed by atoms with van der Waals surface area (Å²) in [5.41, 5.74) is 3.70. The van der Waals surface area contributed by atoms with Gasteiger partial charge in [0.1, 0.15) is 5.75 Å². The van der Waals surface area contributed by atoms with Gasteiger partial charge < -0.3 is 4.74 Å². The Kier molecular flexibility index (Phi) is 4.30. The highest BCUT2D eigenvalue weighted by molar-refractivity contribution is 5.92. The highest BCUT2D eigenvalue weighted by Crippen LogP contribution is 2.34. The summed E-state index contributed by atoms with van der Waals surface area (Å²) in [5, 5.41) is 2.42. The van der Waals surface area contributed by atoms with Crippen LogP contribution in [0.2, 0.25) is 0 Å². The maximum absolute atomic E-state index is 5.35. The lowest BCUT2D eigenvalue weighted by molar-refractivity contribution is 0.415. The van der Waals surface area contributed by atoms with Gasteiger partial charge >= 0.3 is 0 Å². The molecule has 3 aromatic rings. The Bertz CT molecular complexity index is 945. The van der Waals surface area contributed by atoms with Crippen LogP contribution in [0.5, 0.6) is 5.75 Å². The lowest BCUT2D eigenvalue weighted by atomic mass is 9.91. The second-order valence-electron chi connectivity index (χ2n) is 6.21. The van der Waals surface area contributed by atoms with Crippen LogP contribution in [-0.4, -0.2) is 18.3 Å². The molecule has 0 saturated heterocycles. The zero-order valence-corrected chi connectivity index (χ0v) is 14.2. The monoisotopic (exact) mass is 328 g/mol. The summed E-state index contributed by atoms with van der Waals surface area (Å²) in [6.07, 6.45) is 10.1. The lowest BCUT2D eigenvalue weighted by Crippen LogP contribution is -2.06. The van der Waals surface area contributed by atoms with E-state index in [1.807, 2.05) is 24.5 Å². The highest BCUT2D eigenvalue weighted by Gasteiger charge is 2.18. The maximum Gasteiger partial charge on any atom is 0.119 e. The quantitative estimate of drug-likeness (QED) is 0.659. The summed E-state index contributed by atoms with van der Waals surface area (Å²) in [4.78, 5) is 8.99. The number of hydrogen-bond acceptors (Lipinski definition) is 3. The van der Waals surface area contributed by atoms with E-state index >= 15 is 0 Å². The summed E-state index contributed by atoms with van der Waals surface area (Å²) in [6, 6.07) is 16.7. The third-order valence-electron chi connectivity index (χ3n) is 4.63. The Morgan fingerprint density at radius 1 is 1.12 bits per heavy atom. The van der Waals surface area contributed by atoms with E-state index in [0.29, 0.717) is 0 Å². The number of rotatable bonds is 3. The molecule has 3 nitrogen and oxygen atoms in total. The molecule has 1 unspecified atom stereocenters. The Morgan fingerprint density at radius 3 is 2.92 bits per heavy atom. The molecule has 1 aliphatic heterocycles. The fraction of sp³-hybridized carbons (Fsp3) is 0.182. The van der Waals surface area contributed by atoms with Crippen molar-refractivity contribution in [3.63, 3.8) is 0 Å². The van der Waals surface area contributed by atoms with Crippen LogP contribution in [0.1, 0.15) is 30.0 Å². The Hall–Kier alpha value is -2.94. The Labute approximate surface area is 147 Å². The minimum absolute atomic E-state index is 0.0657. The molecule has 1 atom stereocenters. The summed E-state index contributed by atoms with van der Waals surface area (Å²) in [6.45, 7) is 0. The zero-order chi connectivity index (χ0) is 17.1. The number of aromatic nitrogens is 1. The van der Waals surface area contributed by atoms with Gasteiger partial charge in [-0.2, -0.15) is 0 Å². The number of benzene rings is 2. The molecular weight excluding hydrogens is 308 g/mol. The second kappa shape index (κ2) is 6.89. The number of aliphatic imine (C=N–C) groups is 1. The van der Waals surface area contributed by atoms with Crippen molar-refractivity contribution in [2.45, 2.75) is 18.9 Å². The second-order valence-corrected chi connectivity index (χ2v) is 6.21. The molecule has 0 radical (unpaired) electrons. The van der Waals surface area contributed by atoms with Crippen LogP contribution in [-0.2, 0) is 0 Å². The fourth-order valence-electron chi connectivity index (χ4n) is 3.37. The van der Waals surface area contributed by atoms with Gasteiger partial charge in [0.25, 0.3) is 0 Å². The van der Waals surface area contributed by atoms with Crippen LogP contribution < -0.4 is 4.74 Å². The first-order valence-corrected chi connectivity index (χ1v) is 8.54. The van der Waals surface area contributed by atoms with Gasteiger partial charge in [0, 0.05) is 18.6 Å². The summed E-state index contributed by atoms with van der Waals surface area (Å²) in [7, 11) is 1.70. The predicted octanol–water partition coefficient (Wildman–Crippen LogP) is 5.23. The molecule has 0 spiro atoms. The third-order valence-corrected chi connectivity index (χ3v) is 4.63. The average molecular weight is 328 g/mol. The number of fused-ring (bicyclic) bond motifs is 1. The van der Waals surface area contributed by atoms with Gasteiger partial charge in [-0.05, 0) is 58.5 Å².